The molecule has 1 unspecified atom stereocenters. The van der Waals surface area contributed by atoms with Crippen molar-refractivity contribution in [3.8, 4) is 0 Å². The monoisotopic (exact) mass is 224 g/mol. The van der Waals surface area contributed by atoms with Gasteiger partial charge in [-0.2, -0.15) is 0 Å². The lowest BCUT2D eigenvalue weighted by Gasteiger charge is -2.26. The fourth-order valence-corrected chi connectivity index (χ4v) is 3.08. The highest BCUT2D eigenvalue weighted by molar-refractivity contribution is 4.72. The Kier molecular flexibility index (Phi) is 5.11. The van der Waals surface area contributed by atoms with Gasteiger partial charge >= 0.3 is 0 Å². The lowest BCUT2D eigenvalue weighted by molar-refractivity contribution is 0.240. The van der Waals surface area contributed by atoms with Crippen molar-refractivity contribution in [3.63, 3.8) is 0 Å². The molecule has 0 saturated carbocycles. The smallest absolute Gasteiger partial charge is 0.00161 e. The fourth-order valence-electron chi connectivity index (χ4n) is 3.08. The Morgan fingerprint density at radius 1 is 1.06 bits per heavy atom. The summed E-state index contributed by atoms with van der Waals surface area (Å²) >= 11 is 0. The topological polar surface area (TPSA) is 15.3 Å². The van der Waals surface area contributed by atoms with Gasteiger partial charge in [0.1, 0.15) is 0 Å². The van der Waals surface area contributed by atoms with E-state index in [-0.39, 0.29) is 0 Å². The van der Waals surface area contributed by atoms with Crippen molar-refractivity contribution in [1.29, 1.82) is 0 Å². The van der Waals surface area contributed by atoms with Gasteiger partial charge < -0.3 is 10.2 Å². The van der Waals surface area contributed by atoms with Crippen molar-refractivity contribution in [3.05, 3.63) is 0 Å². The number of hydrogen-bond acceptors (Lipinski definition) is 2. The fraction of sp³-hybridized carbons (Fsp3) is 1.00. The standard InChI is InChI=1S/C14H28N2/c1-13-3-2-10-16(11-6-13)12-7-14-4-8-15-9-5-14/h13-15H,2-12H2,1H3. The highest BCUT2D eigenvalue weighted by Crippen LogP contribution is 2.20. The first-order chi connectivity index (χ1) is 7.84. The number of rotatable bonds is 3. The Balaban J connectivity index is 1.64. The molecule has 0 radical (unpaired) electrons. The van der Waals surface area contributed by atoms with Crippen molar-refractivity contribution in [2.24, 2.45) is 11.8 Å². The molecule has 0 aromatic heterocycles. The van der Waals surface area contributed by atoms with Gasteiger partial charge in [0.25, 0.3) is 0 Å². The lowest BCUT2D eigenvalue weighted by Crippen LogP contribution is -2.32. The summed E-state index contributed by atoms with van der Waals surface area (Å²) < 4.78 is 0. The maximum Gasteiger partial charge on any atom is -0.00161 e. The van der Waals surface area contributed by atoms with Crippen LogP contribution < -0.4 is 5.32 Å². The van der Waals surface area contributed by atoms with Crippen LogP contribution in [0.4, 0.5) is 0 Å². The average Bonchev–Trinajstić information content (AvgIpc) is 2.53. The normalized spacial score (nSPS) is 30.2. The van der Waals surface area contributed by atoms with Crippen molar-refractivity contribution in [2.75, 3.05) is 32.7 Å². The zero-order valence-corrected chi connectivity index (χ0v) is 10.9. The molecule has 2 aliphatic rings. The summed E-state index contributed by atoms with van der Waals surface area (Å²) in [6.07, 6.45) is 8.55. The highest BCUT2D eigenvalue weighted by atomic mass is 15.1. The van der Waals surface area contributed by atoms with E-state index in [1.807, 2.05) is 0 Å². The first-order valence-corrected chi connectivity index (χ1v) is 7.27. The maximum atomic E-state index is 3.45. The SMILES string of the molecule is CC1CCCN(CCC2CCNCC2)CC1. The van der Waals surface area contributed by atoms with Crippen LogP contribution in [0.3, 0.4) is 0 Å². The molecule has 2 nitrogen and oxygen atoms in total. The molecule has 0 aromatic rings. The van der Waals surface area contributed by atoms with Crippen molar-refractivity contribution >= 4 is 0 Å². The molecule has 0 bridgehead atoms. The first-order valence-electron chi connectivity index (χ1n) is 7.27. The molecule has 0 aliphatic carbocycles. The number of nitrogens with zero attached hydrogens (tertiary/aromatic N) is 1. The van der Waals surface area contributed by atoms with Gasteiger partial charge in [0.05, 0.1) is 0 Å². The van der Waals surface area contributed by atoms with Crippen LogP contribution >= 0.6 is 0 Å². The Hall–Kier alpha value is -0.0800. The molecule has 2 fully saturated rings. The molecule has 2 heterocycles. The molecule has 94 valence electrons. The van der Waals surface area contributed by atoms with E-state index in [9.17, 15) is 0 Å². The Morgan fingerprint density at radius 3 is 2.69 bits per heavy atom. The van der Waals surface area contributed by atoms with E-state index in [1.54, 1.807) is 0 Å². The number of piperidine rings is 1. The van der Waals surface area contributed by atoms with E-state index in [0.29, 0.717) is 0 Å². The molecular weight excluding hydrogens is 196 g/mol. The molecule has 0 aromatic carbocycles. The van der Waals surface area contributed by atoms with E-state index >= 15 is 0 Å². The summed E-state index contributed by atoms with van der Waals surface area (Å²) in [6.45, 7) is 8.98. The molecule has 1 N–H and O–H groups in total. The second-order valence-corrected chi connectivity index (χ2v) is 5.86. The Bertz CT molecular complexity index is 187. The van der Waals surface area contributed by atoms with E-state index in [4.69, 9.17) is 0 Å². The van der Waals surface area contributed by atoms with Gasteiger partial charge in [-0.05, 0) is 83.1 Å². The van der Waals surface area contributed by atoms with Crippen LogP contribution in [0.5, 0.6) is 0 Å². The van der Waals surface area contributed by atoms with E-state index < -0.39 is 0 Å². The third-order valence-corrected chi connectivity index (χ3v) is 4.42. The molecular formula is C14H28N2. The van der Waals surface area contributed by atoms with E-state index in [1.165, 1.54) is 71.2 Å². The average molecular weight is 224 g/mol. The largest absolute Gasteiger partial charge is 0.317 e. The zero-order chi connectivity index (χ0) is 11.2. The van der Waals surface area contributed by atoms with Crippen molar-refractivity contribution in [2.45, 2.75) is 45.4 Å². The predicted octanol–water partition coefficient (Wildman–Crippen LogP) is 2.50. The molecule has 16 heavy (non-hydrogen) atoms. The summed E-state index contributed by atoms with van der Waals surface area (Å²) in [5, 5.41) is 3.45. The number of hydrogen-bond donors (Lipinski definition) is 1. The third kappa shape index (κ3) is 4.06. The van der Waals surface area contributed by atoms with Crippen LogP contribution in [-0.2, 0) is 0 Å². The zero-order valence-electron chi connectivity index (χ0n) is 10.9. The van der Waals surface area contributed by atoms with E-state index in [2.05, 4.69) is 17.1 Å². The van der Waals surface area contributed by atoms with Gasteiger partial charge in [0.2, 0.25) is 0 Å². The van der Waals surface area contributed by atoms with Crippen LogP contribution in [0.25, 0.3) is 0 Å². The van der Waals surface area contributed by atoms with Crippen LogP contribution in [0, 0.1) is 11.8 Å². The molecule has 2 rings (SSSR count). The Labute approximate surface area is 101 Å². The van der Waals surface area contributed by atoms with Crippen LogP contribution in [0.2, 0.25) is 0 Å². The van der Waals surface area contributed by atoms with E-state index in [0.717, 1.165) is 11.8 Å². The quantitative estimate of drug-likeness (QED) is 0.792. The molecule has 0 amide bonds. The summed E-state index contributed by atoms with van der Waals surface area (Å²) in [7, 11) is 0. The summed E-state index contributed by atoms with van der Waals surface area (Å²) in [5.41, 5.74) is 0. The predicted molar refractivity (Wildman–Crippen MR) is 69.7 cm³/mol. The summed E-state index contributed by atoms with van der Waals surface area (Å²) in [6, 6.07) is 0. The van der Waals surface area contributed by atoms with Crippen molar-refractivity contribution in [1.82, 2.24) is 10.2 Å². The molecule has 0 spiro atoms. The van der Waals surface area contributed by atoms with Crippen LogP contribution in [0.15, 0.2) is 0 Å². The second-order valence-electron chi connectivity index (χ2n) is 5.86. The molecule has 1 atom stereocenters. The first kappa shape index (κ1) is 12.4. The minimum atomic E-state index is 0.962. The molecule has 2 aliphatic heterocycles. The second kappa shape index (κ2) is 6.61. The summed E-state index contributed by atoms with van der Waals surface area (Å²) in [4.78, 5) is 2.71. The van der Waals surface area contributed by atoms with Gasteiger partial charge in [-0.15, -0.1) is 0 Å². The third-order valence-electron chi connectivity index (χ3n) is 4.42. The van der Waals surface area contributed by atoms with Gasteiger partial charge in [0.15, 0.2) is 0 Å². The van der Waals surface area contributed by atoms with Crippen LogP contribution in [0.1, 0.15) is 45.4 Å². The number of likely N-dealkylation sites (tertiary alicyclic amines) is 1. The Morgan fingerprint density at radius 2 is 1.88 bits per heavy atom. The number of nitrogens with one attached hydrogen (secondary N) is 1. The maximum absolute atomic E-state index is 3.45. The highest BCUT2D eigenvalue weighted by Gasteiger charge is 2.17. The lowest BCUT2D eigenvalue weighted by atomic mass is 9.94. The van der Waals surface area contributed by atoms with Gasteiger partial charge in [-0.1, -0.05) is 6.92 Å². The van der Waals surface area contributed by atoms with Gasteiger partial charge in [-0.3, -0.25) is 0 Å². The van der Waals surface area contributed by atoms with Crippen molar-refractivity contribution < 1.29 is 0 Å². The van der Waals surface area contributed by atoms with Gasteiger partial charge in [0, 0.05) is 0 Å². The van der Waals surface area contributed by atoms with Gasteiger partial charge in [-0.25, -0.2) is 0 Å². The minimum Gasteiger partial charge on any atom is -0.317 e. The molecule has 2 heteroatoms. The van der Waals surface area contributed by atoms with Crippen LogP contribution in [-0.4, -0.2) is 37.6 Å². The molecule has 2 saturated heterocycles. The minimum absolute atomic E-state index is 0.962. The summed E-state index contributed by atoms with van der Waals surface area (Å²) in [5.74, 6) is 1.96.